The second-order valence-corrected chi connectivity index (χ2v) is 7.79. The fourth-order valence-electron chi connectivity index (χ4n) is 3.15. The Morgan fingerprint density at radius 1 is 1.26 bits per heavy atom. The molecular formula is C18H19FN6OS. The predicted molar refractivity (Wildman–Crippen MR) is 101 cm³/mol. The summed E-state index contributed by atoms with van der Waals surface area (Å²) in [6.45, 7) is 5.23. The van der Waals surface area contributed by atoms with E-state index in [4.69, 9.17) is 0 Å². The van der Waals surface area contributed by atoms with Crippen molar-refractivity contribution in [3.8, 4) is 0 Å². The molecule has 140 valence electrons. The molecule has 7 nitrogen and oxygen atoms in total. The third-order valence-electron chi connectivity index (χ3n) is 4.53. The van der Waals surface area contributed by atoms with Gasteiger partial charge in [0, 0.05) is 19.3 Å². The lowest BCUT2D eigenvalue weighted by Crippen LogP contribution is -2.29. The zero-order valence-corrected chi connectivity index (χ0v) is 15.9. The number of aromatic nitrogens is 4. The lowest BCUT2D eigenvalue weighted by atomic mass is 10.1. The topological polar surface area (TPSA) is 83.9 Å². The molecule has 0 saturated carbocycles. The predicted octanol–water partition coefficient (Wildman–Crippen LogP) is 3.34. The van der Waals surface area contributed by atoms with Crippen molar-refractivity contribution in [1.82, 2.24) is 24.8 Å². The van der Waals surface area contributed by atoms with Crippen LogP contribution in [0.1, 0.15) is 46.9 Å². The highest BCUT2D eigenvalue weighted by Gasteiger charge is 2.25. The Kier molecular flexibility index (Phi) is 4.69. The number of amides is 1. The zero-order valence-electron chi connectivity index (χ0n) is 15.1. The minimum absolute atomic E-state index is 0.0910. The van der Waals surface area contributed by atoms with E-state index in [1.807, 2.05) is 18.7 Å². The number of pyridine rings is 1. The molecule has 1 atom stereocenters. The van der Waals surface area contributed by atoms with Crippen LogP contribution in [-0.4, -0.2) is 43.8 Å². The van der Waals surface area contributed by atoms with Gasteiger partial charge < -0.3 is 10.2 Å². The Bertz CT molecular complexity index is 1000. The second kappa shape index (κ2) is 7.15. The molecule has 1 aliphatic rings. The summed E-state index contributed by atoms with van der Waals surface area (Å²) in [5.74, 6) is -0.198. The summed E-state index contributed by atoms with van der Waals surface area (Å²) in [6, 6.07) is 1.13. The van der Waals surface area contributed by atoms with Crippen LogP contribution >= 0.6 is 11.3 Å². The Hall–Kier alpha value is -2.68. The van der Waals surface area contributed by atoms with Crippen LogP contribution < -0.4 is 5.32 Å². The van der Waals surface area contributed by atoms with Gasteiger partial charge in [0.25, 0.3) is 5.91 Å². The maximum atomic E-state index is 13.4. The van der Waals surface area contributed by atoms with Crippen LogP contribution in [0.5, 0.6) is 0 Å². The van der Waals surface area contributed by atoms with Gasteiger partial charge in [-0.05, 0) is 38.3 Å². The molecule has 1 N–H and O–H groups in total. The van der Waals surface area contributed by atoms with Gasteiger partial charge in [-0.15, -0.1) is 11.3 Å². The zero-order chi connectivity index (χ0) is 19.0. The summed E-state index contributed by atoms with van der Waals surface area (Å²) in [5.41, 5.74) is 1.54. The smallest absolute Gasteiger partial charge is 0.274 e. The van der Waals surface area contributed by atoms with Crippen LogP contribution in [0.15, 0.2) is 18.5 Å². The van der Waals surface area contributed by atoms with E-state index in [2.05, 4.69) is 25.3 Å². The fourth-order valence-corrected chi connectivity index (χ4v) is 3.99. The number of rotatable bonds is 4. The van der Waals surface area contributed by atoms with Crippen LogP contribution in [0.25, 0.3) is 10.3 Å². The Balaban J connectivity index is 1.69. The van der Waals surface area contributed by atoms with Gasteiger partial charge in [-0.2, -0.15) is 4.98 Å². The van der Waals surface area contributed by atoms with Gasteiger partial charge >= 0.3 is 0 Å². The number of hydrogen-bond acceptors (Lipinski definition) is 7. The summed E-state index contributed by atoms with van der Waals surface area (Å²) in [4.78, 5) is 32.0. The molecule has 1 fully saturated rings. The SMILES string of the molecule is Cc1nc2nc(NC(C)c3cncc(F)c3)nc(C(=O)N3CCCC3)c2s1. The first kappa shape index (κ1) is 17.7. The number of carbonyl (C=O) groups is 1. The highest BCUT2D eigenvalue weighted by molar-refractivity contribution is 7.18. The minimum atomic E-state index is -0.405. The van der Waals surface area contributed by atoms with E-state index in [0.29, 0.717) is 27.6 Å². The molecule has 0 spiro atoms. The maximum Gasteiger partial charge on any atom is 0.274 e. The van der Waals surface area contributed by atoms with Crippen LogP contribution in [0.3, 0.4) is 0 Å². The fraction of sp³-hybridized carbons (Fsp3) is 0.389. The highest BCUT2D eigenvalue weighted by Crippen LogP contribution is 2.27. The maximum absolute atomic E-state index is 13.4. The summed E-state index contributed by atoms with van der Waals surface area (Å²) < 4.78 is 14.1. The number of nitrogens with zero attached hydrogens (tertiary/aromatic N) is 5. The second-order valence-electron chi connectivity index (χ2n) is 6.58. The lowest BCUT2D eigenvalue weighted by molar-refractivity contribution is 0.0789. The third kappa shape index (κ3) is 3.59. The number of fused-ring (bicyclic) bond motifs is 1. The van der Waals surface area contributed by atoms with Crippen molar-refractivity contribution < 1.29 is 9.18 Å². The Morgan fingerprint density at radius 3 is 2.78 bits per heavy atom. The van der Waals surface area contributed by atoms with Crippen molar-refractivity contribution in [2.45, 2.75) is 32.7 Å². The summed E-state index contributed by atoms with van der Waals surface area (Å²) in [7, 11) is 0. The van der Waals surface area contributed by atoms with Gasteiger partial charge in [0.1, 0.15) is 10.5 Å². The summed E-state index contributed by atoms with van der Waals surface area (Å²) in [6.07, 6.45) is 4.76. The van der Waals surface area contributed by atoms with E-state index in [-0.39, 0.29) is 11.9 Å². The molecule has 0 aromatic carbocycles. The molecule has 3 aromatic rings. The summed E-state index contributed by atoms with van der Waals surface area (Å²) >= 11 is 1.42. The molecule has 0 bridgehead atoms. The van der Waals surface area contributed by atoms with E-state index >= 15 is 0 Å². The van der Waals surface area contributed by atoms with Gasteiger partial charge in [-0.25, -0.2) is 14.4 Å². The lowest BCUT2D eigenvalue weighted by Gasteiger charge is -2.17. The number of hydrogen-bond donors (Lipinski definition) is 1. The number of likely N-dealkylation sites (tertiary alicyclic amines) is 1. The first-order valence-corrected chi connectivity index (χ1v) is 9.64. The van der Waals surface area contributed by atoms with Crippen molar-refractivity contribution in [2.75, 3.05) is 18.4 Å². The molecule has 1 amide bonds. The molecule has 27 heavy (non-hydrogen) atoms. The monoisotopic (exact) mass is 386 g/mol. The number of halogens is 1. The average molecular weight is 386 g/mol. The highest BCUT2D eigenvalue weighted by atomic mass is 32.1. The van der Waals surface area contributed by atoms with E-state index in [9.17, 15) is 9.18 Å². The van der Waals surface area contributed by atoms with E-state index in [1.165, 1.54) is 17.4 Å². The first-order valence-electron chi connectivity index (χ1n) is 8.82. The molecule has 1 saturated heterocycles. The van der Waals surface area contributed by atoms with Gasteiger partial charge in [0.05, 0.1) is 17.2 Å². The molecule has 1 unspecified atom stereocenters. The van der Waals surface area contributed by atoms with Crippen LogP contribution in [0.4, 0.5) is 10.3 Å². The molecule has 4 rings (SSSR count). The van der Waals surface area contributed by atoms with Gasteiger partial charge in [0.2, 0.25) is 5.95 Å². The van der Waals surface area contributed by atoms with Gasteiger partial charge in [-0.1, -0.05) is 0 Å². The van der Waals surface area contributed by atoms with Crippen LogP contribution in [-0.2, 0) is 0 Å². The minimum Gasteiger partial charge on any atom is -0.348 e. The average Bonchev–Trinajstić information content (AvgIpc) is 3.29. The molecule has 0 aliphatic carbocycles. The van der Waals surface area contributed by atoms with Gasteiger partial charge in [0.15, 0.2) is 11.3 Å². The Labute approximate surface area is 159 Å². The summed E-state index contributed by atoms with van der Waals surface area (Å²) in [5, 5.41) is 3.97. The van der Waals surface area contributed by atoms with E-state index < -0.39 is 5.82 Å². The number of thiazole rings is 1. The molecule has 0 radical (unpaired) electrons. The Morgan fingerprint density at radius 2 is 2.04 bits per heavy atom. The normalized spacial score (nSPS) is 15.3. The number of aryl methyl sites for hydroxylation is 1. The molecule has 1 aliphatic heterocycles. The van der Waals surface area contributed by atoms with Crippen molar-refractivity contribution in [3.63, 3.8) is 0 Å². The van der Waals surface area contributed by atoms with Crippen LogP contribution in [0.2, 0.25) is 0 Å². The quantitative estimate of drug-likeness (QED) is 0.740. The number of nitrogens with one attached hydrogen (secondary N) is 1. The van der Waals surface area contributed by atoms with Gasteiger partial charge in [-0.3, -0.25) is 9.78 Å². The van der Waals surface area contributed by atoms with Crippen molar-refractivity contribution >= 4 is 33.5 Å². The molecular weight excluding hydrogens is 367 g/mol. The number of anilines is 1. The largest absolute Gasteiger partial charge is 0.348 e. The van der Waals surface area contributed by atoms with Crippen molar-refractivity contribution in [1.29, 1.82) is 0 Å². The standard InChI is InChI=1S/C18H19FN6OS/c1-10(12-7-13(19)9-20-8-12)21-18-23-14(17(26)25-5-3-4-6-25)15-16(24-18)22-11(2)27-15/h7-10H,3-6H2,1-2H3,(H,21,23,24). The first-order chi connectivity index (χ1) is 13.0. The number of carbonyl (C=O) groups excluding carboxylic acids is 1. The molecule has 9 heteroatoms. The van der Waals surface area contributed by atoms with E-state index in [1.54, 1.807) is 6.20 Å². The molecule has 3 aromatic heterocycles. The van der Waals surface area contributed by atoms with E-state index in [0.717, 1.165) is 37.1 Å². The molecule has 4 heterocycles. The van der Waals surface area contributed by atoms with Crippen molar-refractivity contribution in [3.05, 3.63) is 40.5 Å². The third-order valence-corrected chi connectivity index (χ3v) is 5.50. The van der Waals surface area contributed by atoms with Crippen LogP contribution in [0, 0.1) is 12.7 Å². The van der Waals surface area contributed by atoms with Crippen molar-refractivity contribution in [2.24, 2.45) is 0 Å².